The van der Waals surface area contributed by atoms with Crippen molar-refractivity contribution in [1.29, 1.82) is 0 Å². The zero-order valence-electron chi connectivity index (χ0n) is 16.7. The van der Waals surface area contributed by atoms with E-state index in [1.54, 1.807) is 42.5 Å². The minimum Gasteiger partial charge on any atom is -0.493 e. The first-order valence-electron chi connectivity index (χ1n) is 9.39. The number of fused-ring (bicyclic) bond motifs is 5. The molecule has 0 saturated heterocycles. The van der Waals surface area contributed by atoms with E-state index in [-0.39, 0.29) is 30.8 Å². The molecule has 3 amide bonds. The second-order valence-corrected chi connectivity index (χ2v) is 6.86. The minimum absolute atomic E-state index is 0.205. The first-order chi connectivity index (χ1) is 14.5. The van der Waals surface area contributed by atoms with Gasteiger partial charge in [-0.2, -0.15) is 0 Å². The predicted molar refractivity (Wildman–Crippen MR) is 110 cm³/mol. The van der Waals surface area contributed by atoms with Crippen molar-refractivity contribution in [1.82, 2.24) is 10.2 Å². The topological polar surface area (TPSA) is 88.2 Å². The molecular weight excluding hydrogens is 386 g/mol. The number of methoxy groups -OCH3 is 2. The van der Waals surface area contributed by atoms with E-state index in [0.717, 1.165) is 0 Å². The first-order valence-corrected chi connectivity index (χ1v) is 9.39. The Balaban J connectivity index is 1.88. The number of ether oxygens (including phenoxy) is 2. The molecule has 2 aliphatic rings. The van der Waals surface area contributed by atoms with E-state index in [9.17, 15) is 14.4 Å². The average molecular weight is 407 g/mol. The number of para-hydroxylation sites is 1. The molecule has 2 heterocycles. The molecule has 30 heavy (non-hydrogen) atoms. The van der Waals surface area contributed by atoms with Crippen LogP contribution in [-0.4, -0.2) is 49.9 Å². The molecule has 154 valence electrons. The van der Waals surface area contributed by atoms with Crippen LogP contribution in [0.25, 0.3) is 0 Å². The van der Waals surface area contributed by atoms with Gasteiger partial charge in [-0.15, -0.1) is 6.58 Å². The lowest BCUT2D eigenvalue weighted by atomic mass is 10.0. The van der Waals surface area contributed by atoms with Crippen molar-refractivity contribution in [2.24, 2.45) is 0 Å². The Morgan fingerprint density at radius 2 is 1.90 bits per heavy atom. The van der Waals surface area contributed by atoms with Crippen molar-refractivity contribution in [3.63, 3.8) is 0 Å². The molecule has 8 nitrogen and oxygen atoms in total. The molecule has 0 bridgehead atoms. The summed E-state index contributed by atoms with van der Waals surface area (Å²) in [7, 11) is 2.95. The highest BCUT2D eigenvalue weighted by molar-refractivity contribution is 6.18. The van der Waals surface area contributed by atoms with Crippen LogP contribution in [0.15, 0.2) is 49.1 Å². The minimum atomic E-state index is -0.760. The van der Waals surface area contributed by atoms with Crippen LogP contribution in [0, 0.1) is 0 Å². The fraction of sp³-hybridized carbons (Fsp3) is 0.227. The number of anilines is 1. The van der Waals surface area contributed by atoms with E-state index in [2.05, 4.69) is 11.9 Å². The van der Waals surface area contributed by atoms with Gasteiger partial charge >= 0.3 is 0 Å². The van der Waals surface area contributed by atoms with Gasteiger partial charge in [0.05, 0.1) is 31.0 Å². The average Bonchev–Trinajstić information content (AvgIpc) is 3.07. The lowest BCUT2D eigenvalue weighted by Gasteiger charge is -2.40. The SMILES string of the molecule is C=CCNC(=O)CN1C(=O)c2ccccc2N2C(=O)c3c(ccc(OC)c3OC)[C@@H]12. The number of carbonyl (C=O) groups excluding carboxylic acids is 3. The molecule has 0 unspecified atom stereocenters. The van der Waals surface area contributed by atoms with Crippen LogP contribution in [0.4, 0.5) is 5.69 Å². The van der Waals surface area contributed by atoms with E-state index in [0.29, 0.717) is 33.9 Å². The van der Waals surface area contributed by atoms with Gasteiger partial charge in [-0.25, -0.2) is 0 Å². The molecule has 0 aromatic heterocycles. The lowest BCUT2D eigenvalue weighted by molar-refractivity contribution is -0.122. The molecule has 4 rings (SSSR count). The molecule has 0 fully saturated rings. The van der Waals surface area contributed by atoms with Crippen molar-refractivity contribution in [3.05, 3.63) is 65.7 Å². The maximum Gasteiger partial charge on any atom is 0.264 e. The molecule has 8 heteroatoms. The van der Waals surface area contributed by atoms with E-state index in [1.165, 1.54) is 24.0 Å². The van der Waals surface area contributed by atoms with Gasteiger partial charge in [-0.1, -0.05) is 24.3 Å². The van der Waals surface area contributed by atoms with Gasteiger partial charge in [0.25, 0.3) is 11.8 Å². The van der Waals surface area contributed by atoms with Crippen LogP contribution >= 0.6 is 0 Å². The van der Waals surface area contributed by atoms with Gasteiger partial charge < -0.3 is 19.7 Å². The Morgan fingerprint density at radius 1 is 1.13 bits per heavy atom. The van der Waals surface area contributed by atoms with E-state index < -0.39 is 6.17 Å². The fourth-order valence-corrected chi connectivity index (χ4v) is 3.98. The third-order valence-corrected chi connectivity index (χ3v) is 5.24. The number of hydrogen-bond acceptors (Lipinski definition) is 5. The third kappa shape index (κ3) is 2.80. The van der Waals surface area contributed by atoms with Gasteiger partial charge in [-0.05, 0) is 18.2 Å². The summed E-state index contributed by atoms with van der Waals surface area (Å²) in [5.41, 5.74) is 1.76. The summed E-state index contributed by atoms with van der Waals surface area (Å²) >= 11 is 0. The van der Waals surface area contributed by atoms with Crippen molar-refractivity contribution < 1.29 is 23.9 Å². The monoisotopic (exact) mass is 407 g/mol. The van der Waals surface area contributed by atoms with Gasteiger partial charge in [0.1, 0.15) is 12.7 Å². The van der Waals surface area contributed by atoms with Crippen molar-refractivity contribution in [2.75, 3.05) is 32.2 Å². The van der Waals surface area contributed by atoms with Crippen molar-refractivity contribution in [3.8, 4) is 11.5 Å². The number of rotatable bonds is 6. The van der Waals surface area contributed by atoms with E-state index in [4.69, 9.17) is 9.47 Å². The zero-order valence-corrected chi connectivity index (χ0v) is 16.7. The molecule has 0 spiro atoms. The second-order valence-electron chi connectivity index (χ2n) is 6.86. The fourth-order valence-electron chi connectivity index (χ4n) is 3.98. The summed E-state index contributed by atoms with van der Waals surface area (Å²) in [6.45, 7) is 3.66. The van der Waals surface area contributed by atoms with Crippen LogP contribution in [0.3, 0.4) is 0 Å². The first kappa shape index (κ1) is 19.5. The highest BCUT2D eigenvalue weighted by Crippen LogP contribution is 2.49. The maximum absolute atomic E-state index is 13.5. The zero-order chi connectivity index (χ0) is 21.4. The quantitative estimate of drug-likeness (QED) is 0.741. The molecule has 2 aliphatic heterocycles. The standard InChI is InChI=1S/C22H21N3O5/c1-4-11-23-17(26)12-24-20-14-9-10-16(29-2)19(30-3)18(14)22(28)25(20)15-8-6-5-7-13(15)21(24)27/h4-10,20H,1,11-12H2,2-3H3,(H,23,26)/t20-/m0/s1. The predicted octanol–water partition coefficient (Wildman–Crippen LogP) is 2.12. The molecule has 2 aromatic carbocycles. The lowest BCUT2D eigenvalue weighted by Crippen LogP contribution is -2.51. The maximum atomic E-state index is 13.5. The second kappa shape index (κ2) is 7.55. The highest BCUT2D eigenvalue weighted by atomic mass is 16.5. The van der Waals surface area contributed by atoms with E-state index >= 15 is 0 Å². The summed E-state index contributed by atoms with van der Waals surface area (Å²) in [4.78, 5) is 42.1. The summed E-state index contributed by atoms with van der Waals surface area (Å²) in [6.07, 6.45) is 0.799. The van der Waals surface area contributed by atoms with Gasteiger partial charge in [-0.3, -0.25) is 19.3 Å². The smallest absolute Gasteiger partial charge is 0.264 e. The molecule has 2 aromatic rings. The molecule has 1 N–H and O–H groups in total. The summed E-state index contributed by atoms with van der Waals surface area (Å²) in [5.74, 6) is -0.267. The van der Waals surface area contributed by atoms with Crippen molar-refractivity contribution in [2.45, 2.75) is 6.17 Å². The Hall–Kier alpha value is -3.81. The summed E-state index contributed by atoms with van der Waals surface area (Å²) in [5, 5.41) is 2.68. The summed E-state index contributed by atoms with van der Waals surface area (Å²) < 4.78 is 10.8. The Kier molecular flexibility index (Phi) is 4.91. The Bertz CT molecular complexity index is 1060. The Labute approximate surface area is 173 Å². The normalized spacial score (nSPS) is 16.5. The van der Waals surface area contributed by atoms with Gasteiger partial charge in [0.15, 0.2) is 11.5 Å². The molecule has 0 saturated carbocycles. The number of amides is 3. The van der Waals surface area contributed by atoms with Crippen LogP contribution < -0.4 is 19.7 Å². The molecule has 0 aliphatic carbocycles. The van der Waals surface area contributed by atoms with Gasteiger partial charge in [0, 0.05) is 12.1 Å². The van der Waals surface area contributed by atoms with Crippen LogP contribution in [0.5, 0.6) is 11.5 Å². The van der Waals surface area contributed by atoms with Crippen molar-refractivity contribution >= 4 is 23.4 Å². The third-order valence-electron chi connectivity index (χ3n) is 5.24. The van der Waals surface area contributed by atoms with Crippen LogP contribution in [-0.2, 0) is 4.79 Å². The van der Waals surface area contributed by atoms with E-state index in [1.807, 2.05) is 0 Å². The molecular formula is C22H21N3O5. The highest BCUT2D eigenvalue weighted by Gasteiger charge is 2.49. The number of carbonyl (C=O) groups is 3. The Morgan fingerprint density at radius 3 is 2.60 bits per heavy atom. The number of benzene rings is 2. The molecule has 0 radical (unpaired) electrons. The van der Waals surface area contributed by atoms with Crippen LogP contribution in [0.1, 0.15) is 32.4 Å². The van der Waals surface area contributed by atoms with Gasteiger partial charge in [0.2, 0.25) is 5.91 Å². The number of hydrogen-bond donors (Lipinski definition) is 1. The summed E-state index contributed by atoms with van der Waals surface area (Å²) in [6, 6.07) is 10.3. The molecule has 1 atom stereocenters. The largest absolute Gasteiger partial charge is 0.493 e. The number of nitrogens with zero attached hydrogens (tertiary/aromatic N) is 2. The number of nitrogens with one attached hydrogen (secondary N) is 1. The van der Waals surface area contributed by atoms with Crippen LogP contribution in [0.2, 0.25) is 0 Å².